The summed E-state index contributed by atoms with van der Waals surface area (Å²) in [4.78, 5) is 3.85. The lowest BCUT2D eigenvalue weighted by atomic mass is 10.3. The first-order valence-electron chi connectivity index (χ1n) is 3.95. The summed E-state index contributed by atoms with van der Waals surface area (Å²) in [6.07, 6.45) is 3.40. The lowest BCUT2D eigenvalue weighted by molar-refractivity contribution is 0.803. The molecule has 2 aromatic rings. The molecule has 0 spiro atoms. The number of rotatable bonds is 2. The highest BCUT2D eigenvalue weighted by molar-refractivity contribution is 7.78. The molecule has 0 saturated carbocycles. The van der Waals surface area contributed by atoms with Crippen molar-refractivity contribution in [3.05, 3.63) is 36.7 Å². The Morgan fingerprint density at radius 2 is 2.07 bits per heavy atom. The normalized spacial score (nSPS) is 9.43. The molecule has 0 radical (unpaired) electrons. The van der Waals surface area contributed by atoms with Crippen LogP contribution in [0.3, 0.4) is 0 Å². The van der Waals surface area contributed by atoms with Gasteiger partial charge in [-0.2, -0.15) is 4.99 Å². The molecule has 0 aliphatic carbocycles. The van der Waals surface area contributed by atoms with Crippen LogP contribution in [0.25, 0.3) is 5.69 Å². The minimum Gasteiger partial charge on any atom is -0.221 e. The van der Waals surface area contributed by atoms with Gasteiger partial charge < -0.3 is 0 Å². The van der Waals surface area contributed by atoms with Gasteiger partial charge in [-0.1, -0.05) is 5.21 Å². The number of aliphatic imine (C=N–C) groups is 1. The Labute approximate surface area is 85.9 Å². The molecule has 0 N–H and O–H groups in total. The number of isothiocyanates is 1. The highest BCUT2D eigenvalue weighted by Crippen LogP contribution is 2.14. The summed E-state index contributed by atoms with van der Waals surface area (Å²) >= 11 is 4.50. The van der Waals surface area contributed by atoms with Crippen molar-refractivity contribution in [2.75, 3.05) is 0 Å². The van der Waals surface area contributed by atoms with E-state index in [2.05, 4.69) is 32.7 Å². The van der Waals surface area contributed by atoms with Gasteiger partial charge in [0.05, 0.1) is 28.9 Å². The van der Waals surface area contributed by atoms with Gasteiger partial charge in [0.15, 0.2) is 0 Å². The maximum atomic E-state index is 4.50. The Morgan fingerprint density at radius 3 is 2.64 bits per heavy atom. The summed E-state index contributed by atoms with van der Waals surface area (Å²) in [7, 11) is 0. The van der Waals surface area contributed by atoms with Crippen molar-refractivity contribution in [1.29, 1.82) is 0 Å². The topological polar surface area (TPSA) is 43.1 Å². The molecule has 0 atom stereocenters. The van der Waals surface area contributed by atoms with Crippen LogP contribution in [0.5, 0.6) is 0 Å². The second-order valence-electron chi connectivity index (χ2n) is 2.57. The first kappa shape index (κ1) is 8.74. The number of nitrogens with zero attached hydrogens (tertiary/aromatic N) is 4. The monoisotopic (exact) mass is 202 g/mol. The maximum absolute atomic E-state index is 4.50. The van der Waals surface area contributed by atoms with Crippen molar-refractivity contribution >= 4 is 23.1 Å². The van der Waals surface area contributed by atoms with Crippen molar-refractivity contribution in [3.8, 4) is 5.69 Å². The number of hydrogen-bond donors (Lipinski definition) is 0. The average Bonchev–Trinajstić information content (AvgIpc) is 2.72. The van der Waals surface area contributed by atoms with Gasteiger partial charge in [0.25, 0.3) is 0 Å². The van der Waals surface area contributed by atoms with E-state index >= 15 is 0 Å². The van der Waals surface area contributed by atoms with Crippen molar-refractivity contribution in [1.82, 2.24) is 15.0 Å². The molecule has 4 nitrogen and oxygen atoms in total. The Hall–Kier alpha value is -1.84. The van der Waals surface area contributed by atoms with Gasteiger partial charge in [-0.25, -0.2) is 4.68 Å². The van der Waals surface area contributed by atoms with Gasteiger partial charge in [-0.3, -0.25) is 0 Å². The van der Waals surface area contributed by atoms with Crippen LogP contribution in [0.1, 0.15) is 0 Å². The Morgan fingerprint density at radius 1 is 1.29 bits per heavy atom. The summed E-state index contributed by atoms with van der Waals surface area (Å²) in [6.45, 7) is 0. The molecule has 0 aliphatic rings. The first-order valence-corrected chi connectivity index (χ1v) is 4.35. The van der Waals surface area contributed by atoms with Gasteiger partial charge in [0.1, 0.15) is 0 Å². The fourth-order valence-corrected chi connectivity index (χ4v) is 1.18. The van der Waals surface area contributed by atoms with E-state index in [1.807, 2.05) is 24.3 Å². The lowest BCUT2D eigenvalue weighted by Gasteiger charge is -1.98. The Kier molecular flexibility index (Phi) is 2.44. The van der Waals surface area contributed by atoms with Gasteiger partial charge in [-0.05, 0) is 36.5 Å². The summed E-state index contributed by atoms with van der Waals surface area (Å²) in [5, 5.41) is 9.89. The van der Waals surface area contributed by atoms with Crippen LogP contribution in [0.4, 0.5) is 5.69 Å². The number of hydrogen-bond acceptors (Lipinski definition) is 4. The third-order valence-electron chi connectivity index (χ3n) is 1.71. The van der Waals surface area contributed by atoms with E-state index in [-0.39, 0.29) is 0 Å². The Bertz CT molecular complexity index is 454. The third kappa shape index (κ3) is 1.74. The zero-order valence-corrected chi connectivity index (χ0v) is 7.98. The number of aromatic nitrogens is 3. The van der Waals surface area contributed by atoms with Crippen LogP contribution >= 0.6 is 12.2 Å². The first-order chi connectivity index (χ1) is 6.90. The largest absolute Gasteiger partial charge is 0.221 e. The van der Waals surface area contributed by atoms with Crippen LogP contribution in [0.2, 0.25) is 0 Å². The number of benzene rings is 1. The molecule has 1 aromatic carbocycles. The highest BCUT2D eigenvalue weighted by Gasteiger charge is 1.95. The molecular formula is C9H6N4S. The van der Waals surface area contributed by atoms with Gasteiger partial charge >= 0.3 is 0 Å². The molecule has 0 bridgehead atoms. The van der Waals surface area contributed by atoms with Crippen molar-refractivity contribution in [2.24, 2.45) is 4.99 Å². The lowest BCUT2D eigenvalue weighted by Crippen LogP contribution is -1.93. The van der Waals surface area contributed by atoms with E-state index in [1.54, 1.807) is 17.1 Å². The molecule has 68 valence electrons. The average molecular weight is 202 g/mol. The quantitative estimate of drug-likeness (QED) is 0.552. The minimum absolute atomic E-state index is 0.781. The van der Waals surface area contributed by atoms with E-state index in [9.17, 15) is 0 Å². The van der Waals surface area contributed by atoms with Gasteiger partial charge in [0.2, 0.25) is 0 Å². The van der Waals surface area contributed by atoms with Crippen molar-refractivity contribution in [2.45, 2.75) is 0 Å². The molecule has 14 heavy (non-hydrogen) atoms. The molecule has 2 rings (SSSR count). The molecule has 0 fully saturated rings. The summed E-state index contributed by atoms with van der Waals surface area (Å²) < 4.78 is 1.67. The van der Waals surface area contributed by atoms with Crippen molar-refractivity contribution in [3.63, 3.8) is 0 Å². The smallest absolute Gasteiger partial charge is 0.0741 e. The fraction of sp³-hybridized carbons (Fsp3) is 0. The SMILES string of the molecule is S=C=Nc1ccc(-n2ccnn2)cc1. The molecule has 0 aliphatic heterocycles. The zero-order chi connectivity index (χ0) is 9.80. The molecular weight excluding hydrogens is 196 g/mol. The molecule has 0 amide bonds. The van der Waals surface area contributed by atoms with E-state index in [4.69, 9.17) is 0 Å². The standard InChI is InChI=1S/C9H6N4S/c14-7-10-8-1-3-9(4-2-8)13-6-5-11-12-13/h1-6H. The van der Waals surface area contributed by atoms with E-state index in [1.165, 1.54) is 0 Å². The van der Waals surface area contributed by atoms with E-state index in [0.717, 1.165) is 11.4 Å². The molecule has 0 saturated heterocycles. The predicted octanol–water partition coefficient (Wildman–Crippen LogP) is 2.00. The van der Waals surface area contributed by atoms with Crippen LogP contribution in [0.15, 0.2) is 41.7 Å². The predicted molar refractivity (Wildman–Crippen MR) is 56.0 cm³/mol. The van der Waals surface area contributed by atoms with Gasteiger partial charge in [0, 0.05) is 0 Å². The second kappa shape index (κ2) is 3.91. The van der Waals surface area contributed by atoms with Crippen LogP contribution in [-0.2, 0) is 0 Å². The van der Waals surface area contributed by atoms with Gasteiger partial charge in [-0.15, -0.1) is 5.10 Å². The fourth-order valence-electron chi connectivity index (χ4n) is 1.08. The van der Waals surface area contributed by atoms with Crippen LogP contribution in [0, 0.1) is 0 Å². The summed E-state index contributed by atoms with van der Waals surface area (Å²) in [5.41, 5.74) is 1.72. The van der Waals surface area contributed by atoms with E-state index in [0.29, 0.717) is 0 Å². The molecule has 1 aromatic heterocycles. The van der Waals surface area contributed by atoms with Crippen molar-refractivity contribution < 1.29 is 0 Å². The molecule has 0 unspecified atom stereocenters. The third-order valence-corrected chi connectivity index (χ3v) is 1.80. The summed E-state index contributed by atoms with van der Waals surface area (Å²) in [5.74, 6) is 0. The van der Waals surface area contributed by atoms with E-state index < -0.39 is 0 Å². The maximum Gasteiger partial charge on any atom is 0.0741 e. The molecule has 5 heteroatoms. The zero-order valence-electron chi connectivity index (χ0n) is 7.16. The highest BCUT2D eigenvalue weighted by atomic mass is 32.1. The Balaban J connectivity index is 2.35. The van der Waals surface area contributed by atoms with Crippen LogP contribution in [-0.4, -0.2) is 20.2 Å². The number of thiocarbonyl (C=S) groups is 1. The second-order valence-corrected chi connectivity index (χ2v) is 2.75. The molecule has 1 heterocycles. The summed E-state index contributed by atoms with van der Waals surface area (Å²) in [6, 6.07) is 7.47. The van der Waals surface area contributed by atoms with Crippen LogP contribution < -0.4 is 0 Å². The minimum atomic E-state index is 0.781.